The minimum Gasteiger partial charge on any atom is -0.373 e. The number of fused-ring (bicyclic) bond motifs is 1. The Bertz CT molecular complexity index is 1020. The van der Waals surface area contributed by atoms with E-state index in [1.165, 1.54) is 0 Å². The average molecular weight is 417 g/mol. The van der Waals surface area contributed by atoms with Crippen molar-refractivity contribution in [2.24, 2.45) is 0 Å². The van der Waals surface area contributed by atoms with Gasteiger partial charge in [-0.05, 0) is 18.6 Å². The molecule has 156 valence electrons. The maximum Gasteiger partial charge on any atom is 0.194 e. The van der Waals surface area contributed by atoms with Gasteiger partial charge in [-0.3, -0.25) is 0 Å². The Morgan fingerprint density at radius 3 is 2.53 bits per heavy atom. The van der Waals surface area contributed by atoms with E-state index in [4.69, 9.17) is 14.2 Å². The number of benzene rings is 2. The molecule has 2 aromatic carbocycles. The van der Waals surface area contributed by atoms with E-state index in [0.29, 0.717) is 19.6 Å². The molecule has 0 bridgehead atoms. The third kappa shape index (κ3) is 3.49. The van der Waals surface area contributed by atoms with E-state index >= 15 is 0 Å². The molecule has 6 nitrogen and oxygen atoms in total. The summed E-state index contributed by atoms with van der Waals surface area (Å²) in [4.78, 5) is 0. The van der Waals surface area contributed by atoms with Gasteiger partial charge in [0.25, 0.3) is 0 Å². The Balaban J connectivity index is 1.41. The van der Waals surface area contributed by atoms with Crippen LogP contribution >= 0.6 is 0 Å². The van der Waals surface area contributed by atoms with Gasteiger partial charge in [0.1, 0.15) is 17.9 Å². The lowest BCUT2D eigenvalue weighted by atomic mass is 9.98. The van der Waals surface area contributed by atoms with E-state index in [2.05, 4.69) is 10.3 Å². The first-order chi connectivity index (χ1) is 14.6. The van der Waals surface area contributed by atoms with Crippen LogP contribution in [0.2, 0.25) is 0 Å². The van der Waals surface area contributed by atoms with Crippen LogP contribution in [0.5, 0.6) is 0 Å². The number of hydrogen-bond donors (Lipinski definition) is 0. The Labute approximate surface area is 170 Å². The molecule has 2 aliphatic heterocycles. The Kier molecular flexibility index (Phi) is 5.01. The summed E-state index contributed by atoms with van der Waals surface area (Å²) < 4.78 is 59.9. The second kappa shape index (κ2) is 7.82. The molecule has 3 heterocycles. The summed E-state index contributed by atoms with van der Waals surface area (Å²) in [5.74, 6) is -4.06. The van der Waals surface area contributed by atoms with Crippen molar-refractivity contribution in [3.63, 3.8) is 0 Å². The lowest BCUT2D eigenvalue weighted by Crippen LogP contribution is -2.50. The van der Waals surface area contributed by atoms with Crippen molar-refractivity contribution >= 4 is 0 Å². The van der Waals surface area contributed by atoms with Gasteiger partial charge in [0.15, 0.2) is 23.7 Å². The van der Waals surface area contributed by atoms with Crippen LogP contribution in [0.3, 0.4) is 0 Å². The van der Waals surface area contributed by atoms with Crippen molar-refractivity contribution in [3.05, 3.63) is 71.7 Å². The molecule has 0 N–H and O–H groups in total. The van der Waals surface area contributed by atoms with Crippen LogP contribution < -0.4 is 0 Å². The van der Waals surface area contributed by atoms with Crippen molar-refractivity contribution in [2.45, 2.75) is 31.0 Å². The van der Waals surface area contributed by atoms with Gasteiger partial charge in [-0.1, -0.05) is 35.5 Å². The number of nitrogens with zero attached hydrogens (tertiary/aromatic N) is 3. The monoisotopic (exact) mass is 417 g/mol. The maximum atomic E-state index is 13.6. The summed E-state index contributed by atoms with van der Waals surface area (Å²) >= 11 is 0. The normalized spacial score (nSPS) is 26.4. The quantitative estimate of drug-likeness (QED) is 0.607. The average Bonchev–Trinajstić information content (AvgIpc) is 3.27. The topological polar surface area (TPSA) is 58.4 Å². The first-order valence-corrected chi connectivity index (χ1v) is 9.60. The van der Waals surface area contributed by atoms with E-state index in [0.717, 1.165) is 17.7 Å². The predicted octanol–water partition coefficient (Wildman–Crippen LogP) is 3.81. The van der Waals surface area contributed by atoms with Gasteiger partial charge in [-0.2, -0.15) is 0 Å². The second-order valence-electron chi connectivity index (χ2n) is 7.28. The Morgan fingerprint density at radius 1 is 1.00 bits per heavy atom. The molecule has 5 rings (SSSR count). The zero-order valence-corrected chi connectivity index (χ0v) is 15.7. The third-order valence-electron chi connectivity index (χ3n) is 5.39. The van der Waals surface area contributed by atoms with Crippen molar-refractivity contribution in [1.82, 2.24) is 15.0 Å². The van der Waals surface area contributed by atoms with Crippen LogP contribution in [0.25, 0.3) is 11.3 Å². The van der Waals surface area contributed by atoms with Crippen LogP contribution in [0.1, 0.15) is 24.3 Å². The summed E-state index contributed by atoms with van der Waals surface area (Å²) in [5, 5.41) is 8.16. The van der Waals surface area contributed by atoms with Gasteiger partial charge in [-0.25, -0.2) is 17.9 Å². The highest BCUT2D eigenvalue weighted by atomic mass is 19.2. The minimum atomic E-state index is -1.51. The summed E-state index contributed by atoms with van der Waals surface area (Å²) in [7, 11) is 0. The highest BCUT2D eigenvalue weighted by Crippen LogP contribution is 2.37. The zero-order valence-electron chi connectivity index (χ0n) is 15.7. The number of rotatable bonds is 3. The van der Waals surface area contributed by atoms with Crippen molar-refractivity contribution < 1.29 is 27.4 Å². The lowest BCUT2D eigenvalue weighted by Gasteiger charge is -2.43. The fourth-order valence-corrected chi connectivity index (χ4v) is 3.87. The van der Waals surface area contributed by atoms with Crippen LogP contribution in [-0.2, 0) is 14.2 Å². The van der Waals surface area contributed by atoms with Gasteiger partial charge in [0.2, 0.25) is 0 Å². The number of hydrogen-bond acceptors (Lipinski definition) is 5. The van der Waals surface area contributed by atoms with Crippen LogP contribution in [0.15, 0.2) is 48.7 Å². The molecular formula is C21H18F3N3O3. The van der Waals surface area contributed by atoms with Crippen molar-refractivity contribution in [2.75, 3.05) is 13.2 Å². The van der Waals surface area contributed by atoms with Crippen LogP contribution in [0, 0.1) is 17.5 Å². The largest absolute Gasteiger partial charge is 0.373 e. The van der Waals surface area contributed by atoms with Gasteiger partial charge in [0, 0.05) is 17.7 Å². The lowest BCUT2D eigenvalue weighted by molar-refractivity contribution is -0.289. The molecule has 2 fully saturated rings. The molecule has 0 saturated carbocycles. The van der Waals surface area contributed by atoms with E-state index in [1.54, 1.807) is 10.9 Å². The fraction of sp³-hybridized carbons (Fsp3) is 0.333. The van der Waals surface area contributed by atoms with Gasteiger partial charge in [0.05, 0.1) is 18.8 Å². The molecule has 0 spiro atoms. The summed E-state index contributed by atoms with van der Waals surface area (Å²) in [6.45, 7) is 0.861. The minimum absolute atomic E-state index is 0.108. The van der Waals surface area contributed by atoms with E-state index in [1.807, 2.05) is 30.3 Å². The molecular weight excluding hydrogens is 399 g/mol. The molecule has 4 atom stereocenters. The molecule has 2 saturated heterocycles. The predicted molar refractivity (Wildman–Crippen MR) is 98.7 cm³/mol. The smallest absolute Gasteiger partial charge is 0.194 e. The molecule has 0 aliphatic carbocycles. The summed E-state index contributed by atoms with van der Waals surface area (Å²) in [6, 6.07) is 11.2. The van der Waals surface area contributed by atoms with Crippen LogP contribution in [0.4, 0.5) is 13.2 Å². The molecule has 1 aromatic heterocycles. The van der Waals surface area contributed by atoms with Crippen molar-refractivity contribution in [3.8, 4) is 11.3 Å². The second-order valence-corrected chi connectivity index (χ2v) is 7.28. The number of aromatic nitrogens is 3. The van der Waals surface area contributed by atoms with Crippen LogP contribution in [-0.4, -0.2) is 40.4 Å². The molecule has 0 radical (unpaired) electrons. The SMILES string of the molecule is Fc1cc(-c2cn(C3CCOC4COC(c5ccccc5)OC43)nn2)cc(F)c1F. The molecule has 4 unspecified atom stereocenters. The van der Waals surface area contributed by atoms with E-state index < -0.39 is 23.7 Å². The van der Waals surface area contributed by atoms with Crippen molar-refractivity contribution in [1.29, 1.82) is 0 Å². The Hall–Kier alpha value is -2.75. The van der Waals surface area contributed by atoms with E-state index in [-0.39, 0.29) is 29.5 Å². The molecule has 30 heavy (non-hydrogen) atoms. The van der Waals surface area contributed by atoms with E-state index in [9.17, 15) is 13.2 Å². The van der Waals surface area contributed by atoms with Gasteiger partial charge >= 0.3 is 0 Å². The highest BCUT2D eigenvalue weighted by Gasteiger charge is 2.42. The Morgan fingerprint density at radius 2 is 1.77 bits per heavy atom. The third-order valence-corrected chi connectivity index (χ3v) is 5.39. The summed E-state index contributed by atoms with van der Waals surface area (Å²) in [6.07, 6.45) is 1.07. The zero-order chi connectivity index (χ0) is 20.7. The number of ether oxygens (including phenoxy) is 3. The summed E-state index contributed by atoms with van der Waals surface area (Å²) in [5.41, 5.74) is 1.25. The first-order valence-electron chi connectivity index (χ1n) is 9.60. The van der Waals surface area contributed by atoms with Gasteiger partial charge < -0.3 is 14.2 Å². The molecule has 9 heteroatoms. The first kappa shape index (κ1) is 19.2. The molecule has 2 aliphatic rings. The van der Waals surface area contributed by atoms with Gasteiger partial charge in [-0.15, -0.1) is 5.10 Å². The molecule has 0 amide bonds. The molecule has 3 aromatic rings. The maximum absolute atomic E-state index is 13.6. The highest BCUT2D eigenvalue weighted by molar-refractivity contribution is 5.57. The number of halogens is 3. The standard InChI is InChI=1S/C21H18F3N3O3/c22-14-8-13(9-15(23)19(14)24)16-10-27(26-25-16)17-6-7-28-18-11-29-21(30-20(17)18)12-4-2-1-3-5-12/h1-5,8-10,17-18,20-21H,6-7,11H2. The fourth-order valence-electron chi connectivity index (χ4n) is 3.87.